The molecule has 0 saturated carbocycles. The molecule has 124 valence electrons. The van der Waals surface area contributed by atoms with Crippen LogP contribution in [0.5, 0.6) is 0 Å². The Bertz CT molecular complexity index is 335. The average Bonchev–Trinajstić information content (AvgIpc) is 2.38. The van der Waals surface area contributed by atoms with E-state index in [2.05, 4.69) is 47.4 Å². The van der Waals surface area contributed by atoms with E-state index < -0.39 is 8.32 Å². The lowest BCUT2D eigenvalue weighted by Crippen LogP contribution is -2.51. The molecular weight excluding hydrogens is 280 g/mol. The molecule has 0 aromatic rings. The predicted molar refractivity (Wildman–Crippen MR) is 91.0 cm³/mol. The first kappa shape index (κ1) is 18.9. The standard InChI is InChI=1S/C17H34O3Si/c1-9-10-11-14-13(2)15(12-16(18-6)19-14)20-21(7,8)17(3,4)5/h9,13-16H,1,10-12H2,2-8H3/t13-,14+,15-,16?/m0/s1. The normalized spacial score (nSPS) is 31.2. The van der Waals surface area contributed by atoms with Crippen molar-refractivity contribution in [1.82, 2.24) is 0 Å². The summed E-state index contributed by atoms with van der Waals surface area (Å²) in [5.74, 6) is 0.394. The van der Waals surface area contributed by atoms with Crippen LogP contribution in [-0.4, -0.2) is 33.9 Å². The van der Waals surface area contributed by atoms with Crippen molar-refractivity contribution in [3.63, 3.8) is 0 Å². The summed E-state index contributed by atoms with van der Waals surface area (Å²) in [7, 11) is -0.0517. The maximum absolute atomic E-state index is 6.65. The minimum atomic E-state index is -1.77. The average molecular weight is 315 g/mol. The molecule has 4 atom stereocenters. The smallest absolute Gasteiger partial charge is 0.192 e. The van der Waals surface area contributed by atoms with E-state index in [0.717, 1.165) is 19.3 Å². The molecule has 0 aliphatic carbocycles. The van der Waals surface area contributed by atoms with E-state index >= 15 is 0 Å². The molecule has 1 rings (SSSR count). The van der Waals surface area contributed by atoms with Gasteiger partial charge in [0.15, 0.2) is 14.6 Å². The van der Waals surface area contributed by atoms with Gasteiger partial charge in [0.25, 0.3) is 0 Å². The predicted octanol–water partition coefficient (Wildman–Crippen LogP) is 4.74. The first-order chi connectivity index (χ1) is 9.62. The Labute approximate surface area is 132 Å². The quantitative estimate of drug-likeness (QED) is 0.523. The summed E-state index contributed by atoms with van der Waals surface area (Å²) in [6.45, 7) is 17.5. The van der Waals surface area contributed by atoms with Crippen molar-refractivity contribution in [3.05, 3.63) is 12.7 Å². The zero-order valence-corrected chi connectivity index (χ0v) is 15.9. The number of allylic oxidation sites excluding steroid dienone is 1. The Morgan fingerprint density at radius 1 is 1.33 bits per heavy atom. The van der Waals surface area contributed by atoms with Gasteiger partial charge in [-0.2, -0.15) is 0 Å². The zero-order valence-electron chi connectivity index (χ0n) is 14.9. The van der Waals surface area contributed by atoms with Crippen LogP contribution in [0.15, 0.2) is 12.7 Å². The fourth-order valence-corrected chi connectivity index (χ4v) is 3.91. The second kappa shape index (κ2) is 7.40. The molecule has 0 spiro atoms. The highest BCUT2D eigenvalue weighted by Crippen LogP contribution is 2.40. The topological polar surface area (TPSA) is 27.7 Å². The molecule has 0 radical (unpaired) electrons. The lowest BCUT2D eigenvalue weighted by Gasteiger charge is -2.46. The van der Waals surface area contributed by atoms with Gasteiger partial charge >= 0.3 is 0 Å². The van der Waals surface area contributed by atoms with Crippen LogP contribution in [0.1, 0.15) is 47.0 Å². The third kappa shape index (κ3) is 4.91. The minimum absolute atomic E-state index is 0.147. The van der Waals surface area contributed by atoms with Crippen molar-refractivity contribution < 1.29 is 13.9 Å². The van der Waals surface area contributed by atoms with Gasteiger partial charge in [-0.15, -0.1) is 6.58 Å². The van der Waals surface area contributed by atoms with E-state index in [1.807, 2.05) is 6.08 Å². The third-order valence-corrected chi connectivity index (χ3v) is 9.60. The van der Waals surface area contributed by atoms with Gasteiger partial charge in [-0.05, 0) is 31.0 Å². The van der Waals surface area contributed by atoms with Gasteiger partial charge < -0.3 is 13.9 Å². The van der Waals surface area contributed by atoms with E-state index in [-0.39, 0.29) is 23.5 Å². The van der Waals surface area contributed by atoms with Crippen molar-refractivity contribution in [2.75, 3.05) is 7.11 Å². The van der Waals surface area contributed by atoms with Gasteiger partial charge in [-0.3, -0.25) is 0 Å². The second-order valence-corrected chi connectivity index (χ2v) is 12.5. The molecule has 0 N–H and O–H groups in total. The summed E-state index contributed by atoms with van der Waals surface area (Å²) in [6, 6.07) is 0. The molecule has 0 amide bonds. The Balaban J connectivity index is 2.81. The van der Waals surface area contributed by atoms with Crippen molar-refractivity contribution in [3.8, 4) is 0 Å². The molecular formula is C17H34O3Si. The molecule has 1 heterocycles. The van der Waals surface area contributed by atoms with Crippen LogP contribution < -0.4 is 0 Å². The van der Waals surface area contributed by atoms with Gasteiger partial charge in [0, 0.05) is 19.4 Å². The van der Waals surface area contributed by atoms with E-state index in [9.17, 15) is 0 Å². The van der Waals surface area contributed by atoms with Crippen molar-refractivity contribution >= 4 is 8.32 Å². The van der Waals surface area contributed by atoms with E-state index in [1.54, 1.807) is 7.11 Å². The largest absolute Gasteiger partial charge is 0.413 e. The molecule has 0 bridgehead atoms. The molecule has 3 nitrogen and oxygen atoms in total. The van der Waals surface area contributed by atoms with Crippen LogP contribution in [-0.2, 0) is 13.9 Å². The lowest BCUT2D eigenvalue weighted by molar-refractivity contribution is -0.222. The Hall–Kier alpha value is -0.163. The number of hydrogen-bond donors (Lipinski definition) is 0. The number of hydrogen-bond acceptors (Lipinski definition) is 3. The molecule has 0 aromatic carbocycles. The molecule has 0 aromatic heterocycles. The summed E-state index contributed by atoms with van der Waals surface area (Å²) >= 11 is 0. The first-order valence-electron chi connectivity index (χ1n) is 8.09. The Morgan fingerprint density at radius 2 is 1.95 bits per heavy atom. The van der Waals surface area contributed by atoms with Crippen LogP contribution in [0.3, 0.4) is 0 Å². The van der Waals surface area contributed by atoms with Crippen LogP contribution in [0.2, 0.25) is 18.1 Å². The van der Waals surface area contributed by atoms with Crippen LogP contribution >= 0.6 is 0 Å². The highest BCUT2D eigenvalue weighted by atomic mass is 28.4. The molecule has 1 aliphatic heterocycles. The van der Waals surface area contributed by atoms with Crippen LogP contribution in [0.25, 0.3) is 0 Å². The maximum atomic E-state index is 6.65. The Morgan fingerprint density at radius 3 is 2.43 bits per heavy atom. The molecule has 21 heavy (non-hydrogen) atoms. The van der Waals surface area contributed by atoms with Crippen molar-refractivity contribution in [1.29, 1.82) is 0 Å². The van der Waals surface area contributed by atoms with E-state index in [4.69, 9.17) is 13.9 Å². The number of ether oxygens (including phenoxy) is 2. The van der Waals surface area contributed by atoms with Gasteiger partial charge in [0.05, 0.1) is 12.2 Å². The van der Waals surface area contributed by atoms with E-state index in [0.29, 0.717) is 5.92 Å². The maximum Gasteiger partial charge on any atom is 0.192 e. The van der Waals surface area contributed by atoms with E-state index in [1.165, 1.54) is 0 Å². The summed E-state index contributed by atoms with van der Waals surface area (Å²) in [6.07, 6.45) is 5.01. The monoisotopic (exact) mass is 314 g/mol. The molecule has 1 aliphatic rings. The highest BCUT2D eigenvalue weighted by Gasteiger charge is 2.44. The highest BCUT2D eigenvalue weighted by molar-refractivity contribution is 6.74. The van der Waals surface area contributed by atoms with Gasteiger partial charge in [-0.1, -0.05) is 33.8 Å². The van der Waals surface area contributed by atoms with Gasteiger partial charge in [0.2, 0.25) is 0 Å². The third-order valence-electron chi connectivity index (χ3n) is 5.09. The number of rotatable bonds is 6. The summed E-state index contributed by atoms with van der Waals surface area (Å²) < 4.78 is 18.2. The molecule has 1 unspecified atom stereocenters. The molecule has 1 saturated heterocycles. The fraction of sp³-hybridized carbons (Fsp3) is 0.882. The molecule has 1 fully saturated rings. The van der Waals surface area contributed by atoms with Crippen LogP contribution in [0.4, 0.5) is 0 Å². The first-order valence-corrected chi connectivity index (χ1v) is 11.0. The molecule has 4 heteroatoms. The van der Waals surface area contributed by atoms with Crippen molar-refractivity contribution in [2.24, 2.45) is 5.92 Å². The van der Waals surface area contributed by atoms with Gasteiger partial charge in [-0.25, -0.2) is 0 Å². The summed E-state index contributed by atoms with van der Waals surface area (Å²) in [4.78, 5) is 0. The fourth-order valence-electron chi connectivity index (χ4n) is 2.49. The van der Waals surface area contributed by atoms with Gasteiger partial charge in [0.1, 0.15) is 0 Å². The summed E-state index contributed by atoms with van der Waals surface area (Å²) in [5, 5.41) is 0.226. The van der Waals surface area contributed by atoms with Crippen molar-refractivity contribution in [2.45, 2.75) is 83.6 Å². The van der Waals surface area contributed by atoms with Crippen LogP contribution in [0, 0.1) is 5.92 Å². The number of methoxy groups -OCH3 is 1. The Kier molecular flexibility index (Phi) is 6.66. The zero-order chi connectivity index (χ0) is 16.3. The second-order valence-electron chi connectivity index (χ2n) is 7.72. The summed E-state index contributed by atoms with van der Waals surface area (Å²) in [5.41, 5.74) is 0. The minimum Gasteiger partial charge on any atom is -0.413 e. The lowest BCUT2D eigenvalue weighted by atomic mass is 9.90. The SMILES string of the molecule is C=CCC[C@H]1OC(OC)C[C@H](O[Si](C)(C)C(C)(C)C)[C@H]1C.